The quantitative estimate of drug-likeness (QED) is 0.276. The molecule has 1 unspecified atom stereocenters. The molecule has 170 valence electrons. The molecule has 3 rings (SSSR count). The van der Waals surface area contributed by atoms with Gasteiger partial charge in [0.15, 0.2) is 11.5 Å². The standard InChI is InChI=1S/C24H27NO7/c1-29-13-5-12-25-21(16-8-11-18(31-3)19(14-16)32-4)20(23(27)24(25)28)22(26)15-6-9-17(30-2)10-7-15/h6-11,14,21,26H,5,12-13H2,1-4H3/b22-20+. The molecule has 2 aromatic rings. The van der Waals surface area contributed by atoms with Gasteiger partial charge in [-0.15, -0.1) is 0 Å². The number of ketones is 1. The van der Waals surface area contributed by atoms with E-state index in [0.29, 0.717) is 41.4 Å². The van der Waals surface area contributed by atoms with Gasteiger partial charge in [-0.2, -0.15) is 0 Å². The number of nitrogens with zero attached hydrogens (tertiary/aromatic N) is 1. The van der Waals surface area contributed by atoms with Crippen molar-refractivity contribution in [2.45, 2.75) is 12.5 Å². The number of likely N-dealkylation sites (tertiary alicyclic amines) is 1. The highest BCUT2D eigenvalue weighted by Crippen LogP contribution is 2.42. The summed E-state index contributed by atoms with van der Waals surface area (Å²) in [6.07, 6.45) is 0.538. The number of aliphatic hydroxyl groups excluding tert-OH is 1. The fraction of sp³-hybridized carbons (Fsp3) is 0.333. The smallest absolute Gasteiger partial charge is 0.295 e. The van der Waals surface area contributed by atoms with E-state index >= 15 is 0 Å². The van der Waals surface area contributed by atoms with E-state index in [2.05, 4.69) is 0 Å². The summed E-state index contributed by atoms with van der Waals surface area (Å²) in [6, 6.07) is 11.0. The lowest BCUT2D eigenvalue weighted by Crippen LogP contribution is -2.31. The van der Waals surface area contributed by atoms with Crippen LogP contribution in [0.5, 0.6) is 17.2 Å². The number of methoxy groups -OCH3 is 4. The molecule has 1 N–H and O–H groups in total. The highest BCUT2D eigenvalue weighted by Gasteiger charge is 2.46. The van der Waals surface area contributed by atoms with Gasteiger partial charge in [-0.1, -0.05) is 6.07 Å². The van der Waals surface area contributed by atoms with Crippen LogP contribution >= 0.6 is 0 Å². The van der Waals surface area contributed by atoms with Crippen molar-refractivity contribution in [1.82, 2.24) is 4.90 Å². The van der Waals surface area contributed by atoms with E-state index in [0.717, 1.165) is 0 Å². The van der Waals surface area contributed by atoms with Crippen molar-refractivity contribution < 1.29 is 33.6 Å². The minimum Gasteiger partial charge on any atom is -0.507 e. The Kier molecular flexibility index (Phi) is 7.37. The number of aliphatic hydroxyl groups is 1. The molecule has 32 heavy (non-hydrogen) atoms. The van der Waals surface area contributed by atoms with Gasteiger partial charge >= 0.3 is 0 Å². The summed E-state index contributed by atoms with van der Waals surface area (Å²) >= 11 is 0. The Morgan fingerprint density at radius 2 is 1.62 bits per heavy atom. The number of carbonyl (C=O) groups excluding carboxylic acids is 2. The van der Waals surface area contributed by atoms with Crippen LogP contribution in [0.15, 0.2) is 48.0 Å². The largest absolute Gasteiger partial charge is 0.507 e. The zero-order valence-corrected chi connectivity index (χ0v) is 18.6. The van der Waals surface area contributed by atoms with Crippen molar-refractivity contribution in [3.63, 3.8) is 0 Å². The minimum absolute atomic E-state index is 0.0183. The first-order chi connectivity index (χ1) is 15.5. The molecule has 0 spiro atoms. The van der Waals surface area contributed by atoms with E-state index in [1.807, 2.05) is 0 Å². The predicted molar refractivity (Wildman–Crippen MR) is 118 cm³/mol. The molecule has 8 nitrogen and oxygen atoms in total. The average Bonchev–Trinajstić information content (AvgIpc) is 3.08. The maximum Gasteiger partial charge on any atom is 0.295 e. The molecule has 1 aliphatic heterocycles. The number of carbonyl (C=O) groups is 2. The molecule has 1 saturated heterocycles. The number of ether oxygens (including phenoxy) is 4. The molecule has 1 amide bonds. The Morgan fingerprint density at radius 3 is 2.22 bits per heavy atom. The Hall–Kier alpha value is -3.52. The molecule has 0 radical (unpaired) electrons. The third-order valence-electron chi connectivity index (χ3n) is 5.37. The summed E-state index contributed by atoms with van der Waals surface area (Å²) in [5.74, 6) is -0.0795. The third kappa shape index (κ3) is 4.40. The summed E-state index contributed by atoms with van der Waals surface area (Å²) in [7, 11) is 6.15. The lowest BCUT2D eigenvalue weighted by atomic mass is 9.95. The average molecular weight is 441 g/mol. The highest BCUT2D eigenvalue weighted by molar-refractivity contribution is 6.46. The highest BCUT2D eigenvalue weighted by atomic mass is 16.5. The summed E-state index contributed by atoms with van der Waals surface area (Å²) in [5.41, 5.74) is 1.05. The predicted octanol–water partition coefficient (Wildman–Crippen LogP) is 3.17. The Balaban J connectivity index is 2.14. The molecule has 1 heterocycles. The van der Waals surface area contributed by atoms with Gasteiger partial charge in [0.05, 0.1) is 32.9 Å². The van der Waals surface area contributed by atoms with Gasteiger partial charge in [-0.3, -0.25) is 9.59 Å². The molecular weight excluding hydrogens is 414 g/mol. The van der Waals surface area contributed by atoms with Crippen LogP contribution in [0.4, 0.5) is 0 Å². The second-order valence-corrected chi connectivity index (χ2v) is 7.18. The Bertz CT molecular complexity index is 1010. The van der Waals surface area contributed by atoms with Crippen LogP contribution in [0.25, 0.3) is 5.76 Å². The number of benzene rings is 2. The van der Waals surface area contributed by atoms with Gasteiger partial charge in [-0.05, 0) is 48.4 Å². The molecule has 0 aromatic heterocycles. The fourth-order valence-electron chi connectivity index (χ4n) is 3.76. The van der Waals surface area contributed by atoms with Crippen molar-refractivity contribution in [2.75, 3.05) is 41.6 Å². The van der Waals surface area contributed by atoms with E-state index in [1.54, 1.807) is 49.6 Å². The van der Waals surface area contributed by atoms with Crippen LogP contribution in [-0.4, -0.2) is 63.3 Å². The second kappa shape index (κ2) is 10.2. The Morgan fingerprint density at radius 1 is 0.938 bits per heavy atom. The van der Waals surface area contributed by atoms with Crippen LogP contribution in [0.2, 0.25) is 0 Å². The van der Waals surface area contributed by atoms with E-state index < -0.39 is 17.7 Å². The molecule has 1 aliphatic rings. The topological polar surface area (TPSA) is 94.5 Å². The summed E-state index contributed by atoms with van der Waals surface area (Å²) in [6.45, 7) is 0.719. The Labute approximate surface area is 187 Å². The van der Waals surface area contributed by atoms with Crippen LogP contribution in [0.1, 0.15) is 23.6 Å². The fourth-order valence-corrected chi connectivity index (χ4v) is 3.76. The SMILES string of the molecule is COCCCN1C(=O)C(=O)/C(=C(/O)c2ccc(OC)cc2)C1c1ccc(OC)c(OC)c1. The maximum atomic E-state index is 13.0. The number of amides is 1. The van der Waals surface area contributed by atoms with Crippen LogP contribution in [-0.2, 0) is 14.3 Å². The second-order valence-electron chi connectivity index (χ2n) is 7.18. The van der Waals surface area contributed by atoms with Gasteiger partial charge < -0.3 is 29.0 Å². The maximum absolute atomic E-state index is 13.0. The van der Waals surface area contributed by atoms with Gasteiger partial charge in [0, 0.05) is 25.8 Å². The number of Topliss-reactive ketones (excluding diaryl/α,β-unsaturated/α-hetero) is 1. The van der Waals surface area contributed by atoms with Gasteiger partial charge in [0.2, 0.25) is 0 Å². The molecule has 0 aliphatic carbocycles. The van der Waals surface area contributed by atoms with Crippen molar-refractivity contribution in [3.8, 4) is 17.2 Å². The molecule has 2 aromatic carbocycles. The summed E-state index contributed by atoms with van der Waals surface area (Å²) in [5, 5.41) is 11.1. The molecule has 0 saturated carbocycles. The van der Waals surface area contributed by atoms with E-state index in [-0.39, 0.29) is 17.9 Å². The van der Waals surface area contributed by atoms with E-state index in [9.17, 15) is 14.7 Å². The van der Waals surface area contributed by atoms with E-state index in [4.69, 9.17) is 18.9 Å². The normalized spacial score (nSPS) is 17.5. The van der Waals surface area contributed by atoms with Gasteiger partial charge in [0.25, 0.3) is 11.7 Å². The monoisotopic (exact) mass is 441 g/mol. The summed E-state index contributed by atoms with van der Waals surface area (Å²) in [4.78, 5) is 27.4. The van der Waals surface area contributed by atoms with Gasteiger partial charge in [-0.25, -0.2) is 0 Å². The third-order valence-corrected chi connectivity index (χ3v) is 5.37. The van der Waals surface area contributed by atoms with Crippen molar-refractivity contribution in [1.29, 1.82) is 0 Å². The molecule has 1 atom stereocenters. The first kappa shape index (κ1) is 23.1. The van der Waals surface area contributed by atoms with E-state index in [1.165, 1.54) is 26.2 Å². The number of hydrogen-bond donors (Lipinski definition) is 1. The molecule has 8 heteroatoms. The van der Waals surface area contributed by atoms with Crippen LogP contribution in [0, 0.1) is 0 Å². The zero-order valence-electron chi connectivity index (χ0n) is 18.6. The zero-order chi connectivity index (χ0) is 23.3. The van der Waals surface area contributed by atoms with Crippen LogP contribution < -0.4 is 14.2 Å². The number of hydrogen-bond acceptors (Lipinski definition) is 7. The minimum atomic E-state index is -0.784. The molecular formula is C24H27NO7. The first-order valence-electron chi connectivity index (χ1n) is 10.1. The summed E-state index contributed by atoms with van der Waals surface area (Å²) < 4.78 is 21.0. The van der Waals surface area contributed by atoms with Gasteiger partial charge in [0.1, 0.15) is 11.5 Å². The molecule has 0 bridgehead atoms. The number of rotatable bonds is 9. The van der Waals surface area contributed by atoms with Crippen molar-refractivity contribution in [2.24, 2.45) is 0 Å². The lowest BCUT2D eigenvalue weighted by Gasteiger charge is -2.26. The van der Waals surface area contributed by atoms with Crippen molar-refractivity contribution >= 4 is 17.4 Å². The van der Waals surface area contributed by atoms with Crippen molar-refractivity contribution in [3.05, 3.63) is 59.2 Å². The first-order valence-corrected chi connectivity index (χ1v) is 10.1. The van der Waals surface area contributed by atoms with Crippen LogP contribution in [0.3, 0.4) is 0 Å². The lowest BCUT2D eigenvalue weighted by molar-refractivity contribution is -0.140. The molecule has 1 fully saturated rings.